The van der Waals surface area contributed by atoms with Crippen LogP contribution in [0.4, 0.5) is 0 Å². The van der Waals surface area contributed by atoms with E-state index >= 15 is 0 Å². The average Bonchev–Trinajstić information content (AvgIpc) is 2.57. The summed E-state index contributed by atoms with van der Waals surface area (Å²) in [5, 5.41) is 8.89. The zero-order valence-electron chi connectivity index (χ0n) is 7.50. The molecular formula is C10H13NO. The standard InChI is InChI=1S/C10H13NO/c1-3-10(2,8-11)7-9-5-4-6-12-9/h4-6H,3,7H2,1-2H3. The number of hydrogen-bond donors (Lipinski definition) is 0. The Morgan fingerprint density at radius 1 is 1.67 bits per heavy atom. The molecule has 0 amide bonds. The summed E-state index contributed by atoms with van der Waals surface area (Å²) in [7, 11) is 0. The van der Waals surface area contributed by atoms with Gasteiger partial charge in [-0.1, -0.05) is 6.92 Å². The first-order chi connectivity index (χ1) is 5.70. The van der Waals surface area contributed by atoms with Crippen molar-refractivity contribution >= 4 is 0 Å². The first-order valence-corrected chi connectivity index (χ1v) is 4.14. The summed E-state index contributed by atoms with van der Waals surface area (Å²) in [6.45, 7) is 3.97. The Bertz CT molecular complexity index is 271. The van der Waals surface area contributed by atoms with Crippen LogP contribution in [0.3, 0.4) is 0 Å². The Morgan fingerprint density at radius 3 is 2.83 bits per heavy atom. The highest BCUT2D eigenvalue weighted by Crippen LogP contribution is 2.25. The van der Waals surface area contributed by atoms with Gasteiger partial charge in [0, 0.05) is 6.42 Å². The SMILES string of the molecule is CCC(C)(C#N)Cc1ccco1. The highest BCUT2D eigenvalue weighted by molar-refractivity contribution is 5.07. The molecule has 1 heterocycles. The molecule has 0 N–H and O–H groups in total. The molecule has 0 radical (unpaired) electrons. The third kappa shape index (κ3) is 1.88. The number of rotatable bonds is 3. The van der Waals surface area contributed by atoms with E-state index in [1.165, 1.54) is 0 Å². The third-order valence-electron chi connectivity index (χ3n) is 2.19. The second-order valence-electron chi connectivity index (χ2n) is 3.28. The lowest BCUT2D eigenvalue weighted by atomic mass is 9.85. The maximum Gasteiger partial charge on any atom is 0.105 e. The molecule has 1 atom stereocenters. The van der Waals surface area contributed by atoms with Gasteiger partial charge in [0.15, 0.2) is 0 Å². The Kier molecular flexibility index (Phi) is 2.54. The predicted octanol–water partition coefficient (Wildman–Crippen LogP) is 2.76. The smallest absolute Gasteiger partial charge is 0.105 e. The van der Waals surface area contributed by atoms with Crippen molar-refractivity contribution in [2.45, 2.75) is 26.7 Å². The largest absolute Gasteiger partial charge is 0.469 e. The van der Waals surface area contributed by atoms with Gasteiger partial charge in [-0.25, -0.2) is 0 Å². The maximum absolute atomic E-state index is 8.89. The van der Waals surface area contributed by atoms with Crippen LogP contribution < -0.4 is 0 Å². The van der Waals surface area contributed by atoms with E-state index in [1.54, 1.807) is 6.26 Å². The molecule has 12 heavy (non-hydrogen) atoms. The highest BCUT2D eigenvalue weighted by atomic mass is 16.3. The summed E-state index contributed by atoms with van der Waals surface area (Å²) < 4.78 is 5.18. The fourth-order valence-corrected chi connectivity index (χ4v) is 1.04. The van der Waals surface area contributed by atoms with Gasteiger partial charge in [0.05, 0.1) is 17.7 Å². The van der Waals surface area contributed by atoms with Crippen LogP contribution in [0.15, 0.2) is 22.8 Å². The zero-order chi connectivity index (χ0) is 9.03. The second-order valence-corrected chi connectivity index (χ2v) is 3.28. The van der Waals surface area contributed by atoms with E-state index in [9.17, 15) is 0 Å². The van der Waals surface area contributed by atoms with Crippen LogP contribution in [0.25, 0.3) is 0 Å². The molecule has 0 aliphatic rings. The van der Waals surface area contributed by atoms with Gasteiger partial charge in [-0.2, -0.15) is 5.26 Å². The minimum atomic E-state index is -0.280. The Balaban J connectivity index is 2.68. The van der Waals surface area contributed by atoms with Gasteiger partial charge in [0.2, 0.25) is 0 Å². The molecule has 0 aliphatic heterocycles. The zero-order valence-corrected chi connectivity index (χ0v) is 7.50. The topological polar surface area (TPSA) is 36.9 Å². The van der Waals surface area contributed by atoms with Crippen molar-refractivity contribution in [1.82, 2.24) is 0 Å². The summed E-state index contributed by atoms with van der Waals surface area (Å²) in [6, 6.07) is 6.06. The van der Waals surface area contributed by atoms with Gasteiger partial charge in [-0.3, -0.25) is 0 Å². The van der Waals surface area contributed by atoms with Crippen LogP contribution in [-0.4, -0.2) is 0 Å². The number of nitriles is 1. The predicted molar refractivity (Wildman–Crippen MR) is 46.4 cm³/mol. The quantitative estimate of drug-likeness (QED) is 0.687. The first kappa shape index (κ1) is 8.86. The van der Waals surface area contributed by atoms with Crippen molar-refractivity contribution in [2.75, 3.05) is 0 Å². The van der Waals surface area contributed by atoms with Crippen LogP contribution in [0.1, 0.15) is 26.0 Å². The van der Waals surface area contributed by atoms with Crippen LogP contribution in [0.5, 0.6) is 0 Å². The molecule has 0 saturated carbocycles. The lowest BCUT2D eigenvalue weighted by molar-refractivity contribution is 0.373. The van der Waals surface area contributed by atoms with Crippen molar-refractivity contribution < 1.29 is 4.42 Å². The molecule has 0 saturated heterocycles. The minimum absolute atomic E-state index is 0.280. The summed E-state index contributed by atoms with van der Waals surface area (Å²) in [6.07, 6.45) is 3.19. The van der Waals surface area contributed by atoms with E-state index in [1.807, 2.05) is 26.0 Å². The van der Waals surface area contributed by atoms with Crippen LogP contribution in [0, 0.1) is 16.7 Å². The molecule has 1 unspecified atom stereocenters. The number of nitrogens with zero attached hydrogens (tertiary/aromatic N) is 1. The number of furan rings is 1. The van der Waals surface area contributed by atoms with Gasteiger partial charge in [-0.05, 0) is 25.5 Å². The van der Waals surface area contributed by atoms with E-state index < -0.39 is 0 Å². The van der Waals surface area contributed by atoms with Crippen molar-refractivity contribution in [1.29, 1.82) is 5.26 Å². The Hall–Kier alpha value is -1.23. The lowest BCUT2D eigenvalue weighted by Gasteiger charge is -2.16. The summed E-state index contributed by atoms with van der Waals surface area (Å²) in [5.41, 5.74) is -0.280. The average molecular weight is 163 g/mol. The van der Waals surface area contributed by atoms with Crippen molar-refractivity contribution in [3.05, 3.63) is 24.2 Å². The Labute approximate surface area is 72.8 Å². The van der Waals surface area contributed by atoms with Crippen LogP contribution in [0.2, 0.25) is 0 Å². The van der Waals surface area contributed by atoms with E-state index in [0.717, 1.165) is 12.2 Å². The second kappa shape index (κ2) is 3.44. The molecule has 1 rings (SSSR count). The van der Waals surface area contributed by atoms with E-state index in [2.05, 4.69) is 6.07 Å². The Morgan fingerprint density at radius 2 is 2.42 bits per heavy atom. The van der Waals surface area contributed by atoms with E-state index in [-0.39, 0.29) is 5.41 Å². The minimum Gasteiger partial charge on any atom is -0.469 e. The molecule has 0 aromatic carbocycles. The molecule has 64 valence electrons. The molecule has 1 aromatic rings. The fraction of sp³-hybridized carbons (Fsp3) is 0.500. The summed E-state index contributed by atoms with van der Waals surface area (Å²) >= 11 is 0. The van der Waals surface area contributed by atoms with Gasteiger partial charge < -0.3 is 4.42 Å². The molecule has 0 fully saturated rings. The maximum atomic E-state index is 8.89. The van der Waals surface area contributed by atoms with Gasteiger partial charge in [0.25, 0.3) is 0 Å². The third-order valence-corrected chi connectivity index (χ3v) is 2.19. The molecule has 0 aliphatic carbocycles. The molecule has 0 bridgehead atoms. The van der Waals surface area contributed by atoms with Crippen molar-refractivity contribution in [3.8, 4) is 6.07 Å². The summed E-state index contributed by atoms with van der Waals surface area (Å²) in [5.74, 6) is 0.890. The van der Waals surface area contributed by atoms with E-state index in [4.69, 9.17) is 9.68 Å². The lowest BCUT2D eigenvalue weighted by Crippen LogP contribution is -2.15. The van der Waals surface area contributed by atoms with Gasteiger partial charge in [-0.15, -0.1) is 0 Å². The van der Waals surface area contributed by atoms with Crippen LogP contribution in [-0.2, 0) is 6.42 Å². The monoisotopic (exact) mass is 163 g/mol. The normalized spacial score (nSPS) is 15.1. The highest BCUT2D eigenvalue weighted by Gasteiger charge is 2.22. The van der Waals surface area contributed by atoms with Crippen molar-refractivity contribution in [3.63, 3.8) is 0 Å². The molecule has 1 aromatic heterocycles. The van der Waals surface area contributed by atoms with E-state index in [0.29, 0.717) is 6.42 Å². The van der Waals surface area contributed by atoms with Gasteiger partial charge >= 0.3 is 0 Å². The number of hydrogen-bond acceptors (Lipinski definition) is 2. The fourth-order valence-electron chi connectivity index (χ4n) is 1.04. The molecule has 2 nitrogen and oxygen atoms in total. The van der Waals surface area contributed by atoms with Gasteiger partial charge in [0.1, 0.15) is 5.76 Å². The first-order valence-electron chi connectivity index (χ1n) is 4.14. The molecular weight excluding hydrogens is 150 g/mol. The van der Waals surface area contributed by atoms with Crippen molar-refractivity contribution in [2.24, 2.45) is 5.41 Å². The van der Waals surface area contributed by atoms with Crippen LogP contribution >= 0.6 is 0 Å². The molecule has 0 spiro atoms. The summed E-state index contributed by atoms with van der Waals surface area (Å²) in [4.78, 5) is 0. The molecule has 2 heteroatoms.